The summed E-state index contributed by atoms with van der Waals surface area (Å²) in [7, 11) is 0. The van der Waals surface area contributed by atoms with Gasteiger partial charge in [-0.05, 0) is 71.6 Å². The molecule has 0 radical (unpaired) electrons. The molecule has 7 aromatic rings. The molecule has 3 heterocycles. The van der Waals surface area contributed by atoms with Crippen molar-refractivity contribution in [2.75, 3.05) is 0 Å². The first-order chi connectivity index (χ1) is 21.7. The first-order valence-corrected chi connectivity index (χ1v) is 15.5. The van der Waals surface area contributed by atoms with E-state index in [0.717, 1.165) is 56.7 Å². The van der Waals surface area contributed by atoms with Gasteiger partial charge in [0.15, 0.2) is 0 Å². The standard InChI is InChI=1S/C40H36N4O.Pd/c1-7-28-20-21-41-38(22-28)43-36-17-9-8-16-34(36)35-19-18-33(25-37(35)43)45-32-15-11-14-31(24-32)44-27(3)39(26(2)42-44)29-12-10-13-30(23-29)40(4,5)6;/h8-23H,7H2,1-6H3;/q-2;+2. The third-order valence-electron chi connectivity index (χ3n) is 8.51. The Hall–Kier alpha value is -4.50. The summed E-state index contributed by atoms with van der Waals surface area (Å²) in [6, 6.07) is 38.4. The Morgan fingerprint density at radius 2 is 1.59 bits per heavy atom. The summed E-state index contributed by atoms with van der Waals surface area (Å²) in [4.78, 5) is 4.73. The quantitative estimate of drug-likeness (QED) is 0.129. The van der Waals surface area contributed by atoms with Crippen molar-refractivity contribution in [2.45, 2.75) is 53.4 Å². The molecule has 0 aliphatic carbocycles. The first-order valence-electron chi connectivity index (χ1n) is 15.5. The van der Waals surface area contributed by atoms with Gasteiger partial charge in [0.05, 0.1) is 5.69 Å². The van der Waals surface area contributed by atoms with E-state index in [-0.39, 0.29) is 25.8 Å². The van der Waals surface area contributed by atoms with Crippen LogP contribution in [-0.4, -0.2) is 19.3 Å². The minimum atomic E-state index is 0. The Morgan fingerprint density at radius 3 is 2.39 bits per heavy atom. The van der Waals surface area contributed by atoms with Gasteiger partial charge in [0, 0.05) is 34.5 Å². The molecule has 0 saturated carbocycles. The van der Waals surface area contributed by atoms with Crippen molar-refractivity contribution in [3.05, 3.63) is 132 Å². The Morgan fingerprint density at radius 1 is 0.804 bits per heavy atom. The van der Waals surface area contributed by atoms with Crippen LogP contribution in [0, 0.1) is 26.0 Å². The van der Waals surface area contributed by atoms with E-state index < -0.39 is 0 Å². The summed E-state index contributed by atoms with van der Waals surface area (Å²) in [5.74, 6) is 2.08. The average Bonchev–Trinajstić information content (AvgIpc) is 3.53. The normalized spacial score (nSPS) is 11.6. The van der Waals surface area contributed by atoms with E-state index in [1.165, 1.54) is 16.7 Å². The van der Waals surface area contributed by atoms with Gasteiger partial charge in [-0.3, -0.25) is 4.68 Å². The molecular formula is C40H36N4OPd. The van der Waals surface area contributed by atoms with E-state index in [9.17, 15) is 0 Å². The summed E-state index contributed by atoms with van der Waals surface area (Å²) in [5.41, 5.74) is 9.79. The second-order valence-electron chi connectivity index (χ2n) is 12.6. The second-order valence-corrected chi connectivity index (χ2v) is 12.6. The molecule has 0 bridgehead atoms. The van der Waals surface area contributed by atoms with E-state index in [1.807, 2.05) is 35.1 Å². The summed E-state index contributed by atoms with van der Waals surface area (Å²) in [6.45, 7) is 13.1. The Labute approximate surface area is 284 Å². The zero-order chi connectivity index (χ0) is 31.3. The van der Waals surface area contributed by atoms with Crippen molar-refractivity contribution in [1.82, 2.24) is 19.3 Å². The molecular weight excluding hydrogens is 659 g/mol. The molecule has 0 aliphatic rings. The molecule has 0 aliphatic heterocycles. The molecule has 0 saturated heterocycles. The maximum atomic E-state index is 6.41. The molecule has 0 N–H and O–H groups in total. The van der Waals surface area contributed by atoms with Crippen molar-refractivity contribution >= 4 is 21.8 Å². The molecule has 4 aromatic carbocycles. The molecule has 7 rings (SSSR count). The molecule has 0 spiro atoms. The molecule has 0 unspecified atom stereocenters. The van der Waals surface area contributed by atoms with Gasteiger partial charge in [-0.15, -0.1) is 35.7 Å². The van der Waals surface area contributed by atoms with Gasteiger partial charge >= 0.3 is 20.4 Å². The zero-order valence-corrected chi connectivity index (χ0v) is 28.5. The number of pyridine rings is 1. The first kappa shape index (κ1) is 31.5. The van der Waals surface area contributed by atoms with Gasteiger partial charge < -0.3 is 9.30 Å². The van der Waals surface area contributed by atoms with Crippen LogP contribution >= 0.6 is 0 Å². The van der Waals surface area contributed by atoms with Crippen LogP contribution in [0.5, 0.6) is 11.5 Å². The van der Waals surface area contributed by atoms with Gasteiger partial charge in [-0.25, -0.2) is 4.98 Å². The smallest absolute Gasteiger partial charge is 0.509 e. The van der Waals surface area contributed by atoms with Crippen molar-refractivity contribution in [2.24, 2.45) is 0 Å². The van der Waals surface area contributed by atoms with Crippen molar-refractivity contribution in [3.8, 4) is 34.1 Å². The van der Waals surface area contributed by atoms with E-state index in [1.54, 1.807) is 0 Å². The number of fused-ring (bicyclic) bond motifs is 3. The minimum absolute atomic E-state index is 0. The maximum Gasteiger partial charge on any atom is 2.00 e. The zero-order valence-electron chi connectivity index (χ0n) is 27.0. The van der Waals surface area contributed by atoms with Gasteiger partial charge in [0.25, 0.3) is 0 Å². The summed E-state index contributed by atoms with van der Waals surface area (Å²) < 4.78 is 10.5. The minimum Gasteiger partial charge on any atom is -0.509 e. The predicted molar refractivity (Wildman–Crippen MR) is 183 cm³/mol. The molecule has 3 aromatic heterocycles. The average molecular weight is 695 g/mol. The van der Waals surface area contributed by atoms with Crippen LogP contribution in [0.2, 0.25) is 0 Å². The third kappa shape index (κ3) is 5.68. The van der Waals surface area contributed by atoms with Crippen LogP contribution in [-0.2, 0) is 32.3 Å². The van der Waals surface area contributed by atoms with Crippen LogP contribution < -0.4 is 4.74 Å². The fraction of sp³-hybridized carbons (Fsp3) is 0.200. The SMILES string of the molecule is CCc1ccnc(-n2c3[c-]c(Oc4[c-]c(-n5nc(C)c(-c6cccc(C(C)(C)C)c6)c5C)ccc4)ccc3c3ccccc32)c1.[Pd+2]. The van der Waals surface area contributed by atoms with Gasteiger partial charge in [0.1, 0.15) is 5.82 Å². The number of nitrogens with zero attached hydrogens (tertiary/aromatic N) is 4. The molecule has 6 heteroatoms. The molecule has 0 amide bonds. The fourth-order valence-corrected chi connectivity index (χ4v) is 6.15. The van der Waals surface area contributed by atoms with E-state index >= 15 is 0 Å². The number of benzene rings is 4. The Kier molecular flexibility index (Phi) is 8.46. The number of ether oxygens (including phenoxy) is 1. The number of aromatic nitrogens is 4. The van der Waals surface area contributed by atoms with Gasteiger partial charge in [-0.1, -0.05) is 75.7 Å². The van der Waals surface area contributed by atoms with Crippen LogP contribution in [0.4, 0.5) is 0 Å². The largest absolute Gasteiger partial charge is 2.00 e. The Bertz CT molecular complexity index is 2200. The second kappa shape index (κ2) is 12.4. The van der Waals surface area contributed by atoms with Crippen molar-refractivity contribution in [3.63, 3.8) is 0 Å². The fourth-order valence-electron chi connectivity index (χ4n) is 6.15. The molecule has 0 fully saturated rings. The maximum absolute atomic E-state index is 6.41. The number of hydrogen-bond acceptors (Lipinski definition) is 3. The Balaban J connectivity index is 0.00000372. The van der Waals surface area contributed by atoms with Crippen molar-refractivity contribution < 1.29 is 25.2 Å². The molecule has 46 heavy (non-hydrogen) atoms. The molecule has 5 nitrogen and oxygen atoms in total. The van der Waals surface area contributed by atoms with Crippen LogP contribution in [0.15, 0.2) is 97.2 Å². The number of rotatable bonds is 6. The predicted octanol–water partition coefficient (Wildman–Crippen LogP) is 9.90. The molecule has 232 valence electrons. The monoisotopic (exact) mass is 694 g/mol. The van der Waals surface area contributed by atoms with Crippen molar-refractivity contribution in [1.29, 1.82) is 0 Å². The number of hydrogen-bond donors (Lipinski definition) is 0. The third-order valence-corrected chi connectivity index (χ3v) is 8.51. The van der Waals surface area contributed by atoms with E-state index in [0.29, 0.717) is 11.5 Å². The topological polar surface area (TPSA) is 44.9 Å². The van der Waals surface area contributed by atoms with E-state index in [2.05, 4.69) is 125 Å². The van der Waals surface area contributed by atoms with Gasteiger partial charge in [-0.2, -0.15) is 17.2 Å². The number of para-hydroxylation sites is 1. The summed E-state index contributed by atoms with van der Waals surface area (Å²) in [5, 5.41) is 7.19. The van der Waals surface area contributed by atoms with Crippen LogP contribution in [0.25, 0.3) is 44.4 Å². The number of aryl methyl sites for hydroxylation is 2. The summed E-state index contributed by atoms with van der Waals surface area (Å²) in [6.07, 6.45) is 2.82. The van der Waals surface area contributed by atoms with Crippen LogP contribution in [0.1, 0.15) is 50.2 Å². The van der Waals surface area contributed by atoms with Gasteiger partial charge in [0.2, 0.25) is 0 Å². The van der Waals surface area contributed by atoms with E-state index in [4.69, 9.17) is 14.8 Å². The molecule has 0 atom stereocenters. The van der Waals surface area contributed by atoms with Crippen LogP contribution in [0.3, 0.4) is 0 Å². The summed E-state index contributed by atoms with van der Waals surface area (Å²) >= 11 is 0.